The summed E-state index contributed by atoms with van der Waals surface area (Å²) >= 11 is 3.19. The van der Waals surface area contributed by atoms with Gasteiger partial charge < -0.3 is 9.84 Å². The fraction of sp³-hybridized carbons (Fsp3) is 0.333. The second-order valence-corrected chi connectivity index (χ2v) is 5.36. The minimum atomic E-state index is -0.905. The molecular weight excluding hydrogens is 344 g/mol. The lowest BCUT2D eigenvalue weighted by Crippen LogP contribution is -2.05. The third-order valence-corrected chi connectivity index (χ3v) is 3.18. The maximum atomic E-state index is 11.2. The largest absolute Gasteiger partial charge is 0.480 e. The number of rotatable bonds is 5. The van der Waals surface area contributed by atoms with Gasteiger partial charge in [0.2, 0.25) is 5.75 Å². The summed E-state index contributed by atoms with van der Waals surface area (Å²) in [4.78, 5) is 10.6. The number of hydrogen-bond acceptors (Lipinski definition) is 6. The van der Waals surface area contributed by atoms with E-state index in [2.05, 4.69) is 26.2 Å². The molecule has 0 saturated carbocycles. The second-order valence-electron chi connectivity index (χ2n) is 4.45. The average molecular weight is 357 g/mol. The molecule has 2 rings (SSSR count). The van der Waals surface area contributed by atoms with Crippen molar-refractivity contribution in [2.45, 2.75) is 19.6 Å². The first-order valence-electron chi connectivity index (χ1n) is 6.02. The van der Waals surface area contributed by atoms with Crippen LogP contribution in [0.25, 0.3) is 0 Å². The van der Waals surface area contributed by atoms with E-state index in [1.165, 1.54) is 17.7 Å². The molecule has 112 valence electrons. The van der Waals surface area contributed by atoms with E-state index in [9.17, 15) is 15.2 Å². The van der Waals surface area contributed by atoms with Gasteiger partial charge in [-0.1, -0.05) is 21.1 Å². The highest BCUT2D eigenvalue weighted by Crippen LogP contribution is 2.38. The Hall–Kier alpha value is -2.00. The Morgan fingerprint density at radius 3 is 2.81 bits per heavy atom. The molecule has 0 aliphatic heterocycles. The van der Waals surface area contributed by atoms with E-state index in [1.807, 2.05) is 0 Å². The van der Waals surface area contributed by atoms with Crippen molar-refractivity contribution in [2.75, 3.05) is 0 Å². The molecule has 2 aromatic rings. The number of nitro benzene ring substituents is 1. The smallest absolute Gasteiger partial charge is 0.312 e. The van der Waals surface area contributed by atoms with Crippen LogP contribution in [0.2, 0.25) is 0 Å². The molecule has 0 bridgehead atoms. The van der Waals surface area contributed by atoms with Crippen LogP contribution in [0.4, 0.5) is 5.69 Å². The van der Waals surface area contributed by atoms with Crippen LogP contribution in [-0.2, 0) is 13.7 Å². The number of nitro groups is 1. The van der Waals surface area contributed by atoms with Crippen molar-refractivity contribution in [2.24, 2.45) is 7.05 Å². The zero-order valence-electron chi connectivity index (χ0n) is 11.4. The Morgan fingerprint density at radius 2 is 2.29 bits per heavy atom. The van der Waals surface area contributed by atoms with Gasteiger partial charge in [-0.15, -0.1) is 5.10 Å². The molecule has 21 heavy (non-hydrogen) atoms. The van der Waals surface area contributed by atoms with Crippen LogP contribution in [0.1, 0.15) is 24.3 Å². The minimum absolute atomic E-state index is 0.0238. The Labute approximate surface area is 128 Å². The van der Waals surface area contributed by atoms with Gasteiger partial charge in [-0.2, -0.15) is 0 Å². The molecule has 0 fully saturated rings. The van der Waals surface area contributed by atoms with Crippen molar-refractivity contribution in [1.82, 2.24) is 15.0 Å². The Bertz CT molecular complexity index is 671. The summed E-state index contributed by atoms with van der Waals surface area (Å²) < 4.78 is 7.51. The van der Waals surface area contributed by atoms with Crippen LogP contribution in [-0.4, -0.2) is 25.0 Å². The Balaban J connectivity index is 2.37. The van der Waals surface area contributed by atoms with Gasteiger partial charge in [-0.25, -0.2) is 0 Å². The molecule has 1 N–H and O–H groups in total. The van der Waals surface area contributed by atoms with Crippen molar-refractivity contribution in [3.05, 3.63) is 44.2 Å². The van der Waals surface area contributed by atoms with E-state index in [0.29, 0.717) is 15.7 Å². The third kappa shape index (κ3) is 3.56. The highest BCUT2D eigenvalue weighted by atomic mass is 79.9. The number of nitrogens with zero attached hydrogens (tertiary/aromatic N) is 4. The second kappa shape index (κ2) is 6.19. The predicted octanol–water partition coefficient (Wildman–Crippen LogP) is 2.12. The van der Waals surface area contributed by atoms with E-state index >= 15 is 0 Å². The van der Waals surface area contributed by atoms with Gasteiger partial charge in [0.05, 0.1) is 17.2 Å². The van der Waals surface area contributed by atoms with Crippen molar-refractivity contribution >= 4 is 21.6 Å². The van der Waals surface area contributed by atoms with Gasteiger partial charge in [-0.05, 0) is 13.0 Å². The Morgan fingerprint density at radius 1 is 1.57 bits per heavy atom. The summed E-state index contributed by atoms with van der Waals surface area (Å²) in [5.41, 5.74) is 0.649. The molecule has 0 radical (unpaired) electrons. The molecule has 1 aromatic carbocycles. The van der Waals surface area contributed by atoms with Crippen molar-refractivity contribution < 1.29 is 14.8 Å². The monoisotopic (exact) mass is 356 g/mol. The summed E-state index contributed by atoms with van der Waals surface area (Å²) in [6.07, 6.45) is 0.741. The number of benzene rings is 1. The van der Waals surface area contributed by atoms with Crippen LogP contribution in [0.15, 0.2) is 22.8 Å². The molecule has 1 unspecified atom stereocenters. The first-order valence-corrected chi connectivity index (χ1v) is 6.81. The van der Waals surface area contributed by atoms with Gasteiger partial charge >= 0.3 is 5.69 Å². The molecule has 9 heteroatoms. The van der Waals surface area contributed by atoms with Gasteiger partial charge in [0.1, 0.15) is 12.3 Å². The molecule has 1 aromatic heterocycles. The van der Waals surface area contributed by atoms with Crippen molar-refractivity contribution in [3.8, 4) is 5.75 Å². The number of aryl methyl sites for hydroxylation is 1. The lowest BCUT2D eigenvalue weighted by atomic mass is 10.1. The third-order valence-electron chi connectivity index (χ3n) is 2.72. The summed E-state index contributed by atoms with van der Waals surface area (Å²) in [5, 5.41) is 28.5. The average Bonchev–Trinajstić information content (AvgIpc) is 2.81. The van der Waals surface area contributed by atoms with E-state index in [1.54, 1.807) is 19.3 Å². The van der Waals surface area contributed by atoms with Crippen LogP contribution < -0.4 is 4.74 Å². The first-order chi connectivity index (χ1) is 9.88. The number of hydrogen-bond donors (Lipinski definition) is 1. The quantitative estimate of drug-likeness (QED) is 0.649. The van der Waals surface area contributed by atoms with Crippen molar-refractivity contribution in [1.29, 1.82) is 0 Å². The highest BCUT2D eigenvalue weighted by molar-refractivity contribution is 9.10. The van der Waals surface area contributed by atoms with Gasteiger partial charge in [-0.3, -0.25) is 14.8 Å². The fourth-order valence-electron chi connectivity index (χ4n) is 1.81. The van der Waals surface area contributed by atoms with E-state index < -0.39 is 11.0 Å². The van der Waals surface area contributed by atoms with E-state index in [4.69, 9.17) is 4.74 Å². The van der Waals surface area contributed by atoms with Gasteiger partial charge in [0, 0.05) is 23.2 Å². The zero-order valence-corrected chi connectivity index (χ0v) is 12.9. The van der Waals surface area contributed by atoms with E-state index in [0.717, 1.165) is 0 Å². The van der Waals surface area contributed by atoms with Crippen molar-refractivity contribution in [3.63, 3.8) is 0 Å². The van der Waals surface area contributed by atoms with Crippen LogP contribution in [0.3, 0.4) is 0 Å². The normalized spacial score (nSPS) is 12.2. The number of halogens is 1. The number of ether oxygens (including phenoxy) is 1. The molecule has 0 spiro atoms. The molecule has 0 aliphatic carbocycles. The fourth-order valence-corrected chi connectivity index (χ4v) is 2.27. The highest BCUT2D eigenvalue weighted by Gasteiger charge is 2.23. The maximum absolute atomic E-state index is 11.2. The van der Waals surface area contributed by atoms with Crippen LogP contribution >= 0.6 is 15.9 Å². The number of aliphatic hydroxyl groups is 1. The molecule has 1 heterocycles. The summed E-state index contributed by atoms with van der Waals surface area (Å²) in [5.74, 6) is 0.0313. The molecule has 0 amide bonds. The summed E-state index contributed by atoms with van der Waals surface area (Å²) in [7, 11) is 1.71. The maximum Gasteiger partial charge on any atom is 0.312 e. The van der Waals surface area contributed by atoms with Gasteiger partial charge in [0.25, 0.3) is 0 Å². The number of aliphatic hydroxyl groups excluding tert-OH is 1. The predicted molar refractivity (Wildman–Crippen MR) is 76.8 cm³/mol. The lowest BCUT2D eigenvalue weighted by molar-refractivity contribution is -0.386. The molecule has 8 nitrogen and oxygen atoms in total. The lowest BCUT2D eigenvalue weighted by Gasteiger charge is -2.13. The summed E-state index contributed by atoms with van der Waals surface area (Å²) in [6.45, 7) is 1.54. The van der Waals surface area contributed by atoms with Gasteiger partial charge in [0.15, 0.2) is 0 Å². The summed E-state index contributed by atoms with van der Waals surface area (Å²) in [6, 6.07) is 2.92. The first kappa shape index (κ1) is 15.4. The standard InChI is InChI=1S/C12H13BrN4O4/c1-7(18)10-3-8(13)4-11(17(19)20)12(10)21-6-9-5-16(2)15-14-9/h3-5,7,18H,6H2,1-2H3. The van der Waals surface area contributed by atoms with Crippen LogP contribution in [0.5, 0.6) is 5.75 Å². The molecular formula is C12H13BrN4O4. The zero-order chi connectivity index (χ0) is 15.6. The minimum Gasteiger partial charge on any atom is -0.480 e. The molecule has 1 atom stereocenters. The number of aromatic nitrogens is 3. The topological polar surface area (TPSA) is 103 Å². The Kier molecular flexibility index (Phi) is 4.53. The van der Waals surface area contributed by atoms with E-state index in [-0.39, 0.29) is 18.0 Å². The van der Waals surface area contributed by atoms with Crippen LogP contribution in [0, 0.1) is 10.1 Å². The molecule has 0 aliphatic rings. The molecule has 0 saturated heterocycles. The SMILES string of the molecule is CC(O)c1cc(Br)cc([N+](=O)[O-])c1OCc1cn(C)nn1.